The van der Waals surface area contributed by atoms with Gasteiger partial charge in [-0.1, -0.05) is 51.1 Å². The van der Waals surface area contributed by atoms with E-state index < -0.39 is 0 Å². The molecule has 0 spiro atoms. The van der Waals surface area contributed by atoms with Gasteiger partial charge in [0.1, 0.15) is 24.2 Å². The van der Waals surface area contributed by atoms with Crippen LogP contribution in [0.1, 0.15) is 50.3 Å². The topological polar surface area (TPSA) is 42.7 Å². The van der Waals surface area contributed by atoms with Crippen molar-refractivity contribution in [1.82, 2.24) is 20.1 Å². The maximum Gasteiger partial charge on any atom is 0.149 e. The van der Waals surface area contributed by atoms with Crippen molar-refractivity contribution in [3.63, 3.8) is 0 Å². The first-order valence-electron chi connectivity index (χ1n) is 9.37. The predicted molar refractivity (Wildman–Crippen MR) is 104 cm³/mol. The van der Waals surface area contributed by atoms with Gasteiger partial charge >= 0.3 is 0 Å². The van der Waals surface area contributed by atoms with Gasteiger partial charge in [-0.05, 0) is 47.1 Å². The van der Waals surface area contributed by atoms with Gasteiger partial charge in [0.25, 0.3) is 0 Å². The van der Waals surface area contributed by atoms with Gasteiger partial charge in [0, 0.05) is 12.1 Å². The van der Waals surface area contributed by atoms with Crippen LogP contribution in [0.4, 0.5) is 4.39 Å². The van der Waals surface area contributed by atoms with Crippen LogP contribution in [-0.2, 0) is 17.5 Å². The van der Waals surface area contributed by atoms with Crippen LogP contribution >= 0.6 is 0 Å². The predicted octanol–water partition coefficient (Wildman–Crippen LogP) is 4.48. The second-order valence-corrected chi connectivity index (χ2v) is 8.39. The highest BCUT2D eigenvalue weighted by Crippen LogP contribution is 2.46. The van der Waals surface area contributed by atoms with Gasteiger partial charge in [0.2, 0.25) is 0 Å². The second kappa shape index (κ2) is 6.57. The first-order chi connectivity index (χ1) is 12.9. The molecule has 5 heteroatoms. The van der Waals surface area contributed by atoms with Crippen molar-refractivity contribution in [2.24, 2.45) is 0 Å². The van der Waals surface area contributed by atoms with E-state index in [1.807, 2.05) is 6.07 Å². The lowest BCUT2D eigenvalue weighted by Gasteiger charge is -2.22. The van der Waals surface area contributed by atoms with E-state index in [2.05, 4.69) is 60.4 Å². The number of benzene rings is 2. The standard InChI is InChI=1S/C22H25FN4/c1-21(2,3)17-5-7-18(8-6-17)22(10-11-22)25-13-16-4-9-20(19(23)12-16)27-15-24-14-26-27/h4-9,12,14-15,25H,10-11,13H2,1-3H3. The Balaban J connectivity index is 1.46. The van der Waals surface area contributed by atoms with Gasteiger partial charge < -0.3 is 5.32 Å². The summed E-state index contributed by atoms with van der Waals surface area (Å²) in [7, 11) is 0. The molecule has 27 heavy (non-hydrogen) atoms. The molecule has 1 aliphatic carbocycles. The molecule has 0 atom stereocenters. The van der Waals surface area contributed by atoms with Crippen LogP contribution < -0.4 is 5.32 Å². The first kappa shape index (κ1) is 17.9. The fourth-order valence-corrected chi connectivity index (χ4v) is 3.43. The molecule has 2 aromatic carbocycles. The lowest BCUT2D eigenvalue weighted by atomic mass is 9.86. The Kier molecular flexibility index (Phi) is 4.35. The minimum Gasteiger partial charge on any atom is -0.303 e. The molecule has 1 N–H and O–H groups in total. The third-order valence-electron chi connectivity index (χ3n) is 5.36. The Morgan fingerprint density at radius 2 is 1.85 bits per heavy atom. The Labute approximate surface area is 159 Å². The highest BCUT2D eigenvalue weighted by molar-refractivity contribution is 5.37. The Morgan fingerprint density at radius 1 is 1.11 bits per heavy atom. The molecule has 0 radical (unpaired) electrons. The van der Waals surface area contributed by atoms with E-state index in [1.165, 1.54) is 28.5 Å². The van der Waals surface area contributed by atoms with Crippen LogP contribution in [0.5, 0.6) is 0 Å². The van der Waals surface area contributed by atoms with Crippen LogP contribution in [0.15, 0.2) is 55.1 Å². The SMILES string of the molecule is CC(C)(C)c1ccc(C2(NCc3ccc(-n4cncn4)c(F)c3)CC2)cc1. The summed E-state index contributed by atoms with van der Waals surface area (Å²) in [6.45, 7) is 7.32. The lowest BCUT2D eigenvalue weighted by Crippen LogP contribution is -2.28. The van der Waals surface area contributed by atoms with E-state index in [9.17, 15) is 4.39 Å². The molecule has 1 saturated carbocycles. The molecule has 1 aliphatic rings. The molecule has 1 aromatic heterocycles. The maximum atomic E-state index is 14.4. The lowest BCUT2D eigenvalue weighted by molar-refractivity contribution is 0.515. The zero-order valence-corrected chi connectivity index (χ0v) is 16.0. The molecule has 4 nitrogen and oxygen atoms in total. The number of aromatic nitrogens is 3. The fourth-order valence-electron chi connectivity index (χ4n) is 3.43. The Morgan fingerprint density at radius 3 is 2.41 bits per heavy atom. The third kappa shape index (κ3) is 3.65. The van der Waals surface area contributed by atoms with E-state index >= 15 is 0 Å². The van der Waals surface area contributed by atoms with Gasteiger partial charge in [-0.2, -0.15) is 5.10 Å². The van der Waals surface area contributed by atoms with Gasteiger partial charge in [0.05, 0.1) is 0 Å². The van der Waals surface area contributed by atoms with Gasteiger partial charge in [-0.3, -0.25) is 0 Å². The summed E-state index contributed by atoms with van der Waals surface area (Å²) in [5, 5.41) is 7.63. The summed E-state index contributed by atoms with van der Waals surface area (Å²) in [4.78, 5) is 3.87. The molecule has 3 aromatic rings. The monoisotopic (exact) mass is 364 g/mol. The first-order valence-corrected chi connectivity index (χ1v) is 9.37. The molecule has 0 bridgehead atoms. The number of nitrogens with zero attached hydrogens (tertiary/aromatic N) is 3. The molecule has 140 valence electrons. The highest BCUT2D eigenvalue weighted by atomic mass is 19.1. The molecule has 1 heterocycles. The molecular weight excluding hydrogens is 339 g/mol. The van der Waals surface area contributed by atoms with Crippen LogP contribution in [0.2, 0.25) is 0 Å². The summed E-state index contributed by atoms with van der Waals surface area (Å²) in [6, 6.07) is 14.2. The van der Waals surface area contributed by atoms with Crippen LogP contribution in [0.3, 0.4) is 0 Å². The van der Waals surface area contributed by atoms with Crippen LogP contribution in [-0.4, -0.2) is 14.8 Å². The third-order valence-corrected chi connectivity index (χ3v) is 5.36. The molecular formula is C22H25FN4. The van der Waals surface area contributed by atoms with Crippen molar-refractivity contribution in [2.75, 3.05) is 0 Å². The van der Waals surface area contributed by atoms with Crippen molar-refractivity contribution in [3.05, 3.63) is 77.6 Å². The van der Waals surface area contributed by atoms with Crippen molar-refractivity contribution in [3.8, 4) is 5.69 Å². The molecule has 0 amide bonds. The Bertz CT molecular complexity index is 920. The zero-order chi connectivity index (χ0) is 19.1. The molecule has 1 fully saturated rings. The summed E-state index contributed by atoms with van der Waals surface area (Å²) >= 11 is 0. The smallest absolute Gasteiger partial charge is 0.149 e. The van der Waals surface area contributed by atoms with Crippen molar-refractivity contribution >= 4 is 0 Å². The highest BCUT2D eigenvalue weighted by Gasteiger charge is 2.43. The molecule has 0 aliphatic heterocycles. The minimum atomic E-state index is -0.292. The van der Waals surface area contributed by atoms with Crippen LogP contribution in [0, 0.1) is 5.82 Å². The quantitative estimate of drug-likeness (QED) is 0.726. The van der Waals surface area contributed by atoms with Gasteiger partial charge in [-0.25, -0.2) is 14.1 Å². The second-order valence-electron chi connectivity index (χ2n) is 8.39. The average molecular weight is 364 g/mol. The molecule has 0 saturated heterocycles. The van der Waals surface area contributed by atoms with E-state index in [0.717, 1.165) is 18.4 Å². The van der Waals surface area contributed by atoms with Crippen molar-refractivity contribution in [2.45, 2.75) is 51.1 Å². The van der Waals surface area contributed by atoms with E-state index in [-0.39, 0.29) is 16.8 Å². The average Bonchev–Trinajstić information content (AvgIpc) is 3.24. The number of hydrogen-bond acceptors (Lipinski definition) is 3. The van der Waals surface area contributed by atoms with Crippen molar-refractivity contribution < 1.29 is 4.39 Å². The van der Waals surface area contributed by atoms with E-state index in [4.69, 9.17) is 0 Å². The fraction of sp³-hybridized carbons (Fsp3) is 0.364. The number of nitrogens with one attached hydrogen (secondary N) is 1. The molecule has 4 rings (SSSR count). The molecule has 0 unspecified atom stereocenters. The summed E-state index contributed by atoms with van der Waals surface area (Å²) < 4.78 is 15.8. The maximum absolute atomic E-state index is 14.4. The largest absolute Gasteiger partial charge is 0.303 e. The van der Waals surface area contributed by atoms with Crippen molar-refractivity contribution in [1.29, 1.82) is 0 Å². The summed E-state index contributed by atoms with van der Waals surface area (Å²) in [6.07, 6.45) is 5.12. The Hall–Kier alpha value is -2.53. The van der Waals surface area contributed by atoms with Gasteiger partial charge in [-0.15, -0.1) is 0 Å². The normalized spacial score (nSPS) is 15.7. The van der Waals surface area contributed by atoms with E-state index in [0.29, 0.717) is 12.2 Å². The van der Waals surface area contributed by atoms with E-state index in [1.54, 1.807) is 12.1 Å². The summed E-state index contributed by atoms with van der Waals surface area (Å²) in [5.41, 5.74) is 4.18. The zero-order valence-electron chi connectivity index (χ0n) is 16.0. The number of halogens is 1. The summed E-state index contributed by atoms with van der Waals surface area (Å²) in [5.74, 6) is -0.292. The number of rotatable bonds is 5. The van der Waals surface area contributed by atoms with Gasteiger partial charge in [0.15, 0.2) is 0 Å². The number of hydrogen-bond donors (Lipinski definition) is 1. The van der Waals surface area contributed by atoms with Crippen LogP contribution in [0.25, 0.3) is 5.69 Å². The minimum absolute atomic E-state index is 0.0253.